The fraction of sp³-hybridized carbons (Fsp3) is 0.280. The lowest BCUT2D eigenvalue weighted by Gasteiger charge is -2.32. The van der Waals surface area contributed by atoms with Crippen molar-refractivity contribution >= 4 is 40.1 Å². The van der Waals surface area contributed by atoms with Gasteiger partial charge in [0.05, 0.1) is 6.54 Å². The number of pyridine rings is 1. The molecule has 35 heavy (non-hydrogen) atoms. The van der Waals surface area contributed by atoms with Crippen LogP contribution >= 0.6 is 11.6 Å². The third kappa shape index (κ3) is 4.65. The quantitative estimate of drug-likeness (QED) is 0.381. The molecule has 0 aliphatic carbocycles. The first-order valence-corrected chi connectivity index (χ1v) is 12.0. The molecule has 4 heterocycles. The van der Waals surface area contributed by atoms with Crippen molar-refractivity contribution in [2.75, 3.05) is 30.4 Å². The molecule has 0 saturated carbocycles. The van der Waals surface area contributed by atoms with Crippen molar-refractivity contribution < 1.29 is 0 Å². The smallest absolute Gasteiger partial charge is 0.278 e. The summed E-state index contributed by atoms with van der Waals surface area (Å²) in [6.07, 6.45) is 5.35. The molecule has 0 unspecified atom stereocenters. The number of allylic oxidation sites excluding steroid dienone is 1. The molecule has 180 valence electrons. The zero-order valence-electron chi connectivity index (χ0n) is 19.5. The normalized spacial score (nSPS) is 14.2. The number of fused-ring (bicyclic) bond motifs is 1. The van der Waals surface area contributed by atoms with Crippen LogP contribution in [0.1, 0.15) is 12.8 Å². The van der Waals surface area contributed by atoms with E-state index >= 15 is 0 Å². The van der Waals surface area contributed by atoms with Gasteiger partial charge in [-0.2, -0.15) is 4.98 Å². The zero-order valence-corrected chi connectivity index (χ0v) is 20.2. The molecular weight excluding hydrogens is 464 g/mol. The van der Waals surface area contributed by atoms with Crippen LogP contribution in [0.25, 0.3) is 16.9 Å². The maximum absolute atomic E-state index is 13.2. The van der Waals surface area contributed by atoms with Crippen LogP contribution in [-0.2, 0) is 6.54 Å². The van der Waals surface area contributed by atoms with E-state index < -0.39 is 0 Å². The van der Waals surface area contributed by atoms with E-state index in [1.807, 2.05) is 30.3 Å². The molecule has 10 heteroatoms. The van der Waals surface area contributed by atoms with Crippen molar-refractivity contribution in [1.29, 1.82) is 0 Å². The van der Waals surface area contributed by atoms with Crippen molar-refractivity contribution in [3.63, 3.8) is 0 Å². The lowest BCUT2D eigenvalue weighted by molar-refractivity contribution is 0.441. The van der Waals surface area contributed by atoms with E-state index in [0.29, 0.717) is 40.4 Å². The molecule has 2 N–H and O–H groups in total. The van der Waals surface area contributed by atoms with Crippen molar-refractivity contribution in [1.82, 2.24) is 29.6 Å². The number of nitrogens with zero attached hydrogens (tertiary/aromatic N) is 6. The van der Waals surface area contributed by atoms with Crippen LogP contribution in [0.5, 0.6) is 0 Å². The summed E-state index contributed by atoms with van der Waals surface area (Å²) in [5.41, 5.74) is 1.06. The second kappa shape index (κ2) is 9.89. The minimum absolute atomic E-state index is 0.197. The van der Waals surface area contributed by atoms with Gasteiger partial charge < -0.3 is 15.5 Å². The predicted molar refractivity (Wildman–Crippen MR) is 140 cm³/mol. The molecule has 0 spiro atoms. The number of aromatic nitrogens is 5. The van der Waals surface area contributed by atoms with Crippen LogP contribution in [0, 0.1) is 0 Å². The lowest BCUT2D eigenvalue weighted by Crippen LogP contribution is -2.41. The van der Waals surface area contributed by atoms with Gasteiger partial charge in [-0.05, 0) is 62.3 Å². The van der Waals surface area contributed by atoms with Gasteiger partial charge >= 0.3 is 0 Å². The van der Waals surface area contributed by atoms with Gasteiger partial charge in [0, 0.05) is 30.0 Å². The first-order valence-electron chi connectivity index (χ1n) is 11.6. The fourth-order valence-corrected chi connectivity index (χ4v) is 4.50. The highest BCUT2D eigenvalue weighted by molar-refractivity contribution is 6.30. The van der Waals surface area contributed by atoms with Crippen LogP contribution in [0.4, 0.5) is 17.5 Å². The summed E-state index contributed by atoms with van der Waals surface area (Å²) in [5.74, 6) is 1.82. The highest BCUT2D eigenvalue weighted by Crippen LogP contribution is 2.23. The first-order chi connectivity index (χ1) is 17.0. The minimum Gasteiger partial charge on any atom is -0.357 e. The number of hydrogen-bond acceptors (Lipinski definition) is 7. The Bertz CT molecular complexity index is 1410. The second-order valence-corrected chi connectivity index (χ2v) is 8.93. The zero-order chi connectivity index (χ0) is 24.4. The maximum atomic E-state index is 13.2. The summed E-state index contributed by atoms with van der Waals surface area (Å²) < 4.78 is 3.32. The van der Waals surface area contributed by atoms with Gasteiger partial charge in [0.15, 0.2) is 11.5 Å². The first kappa shape index (κ1) is 23.1. The molecule has 1 aromatic carbocycles. The van der Waals surface area contributed by atoms with E-state index in [2.05, 4.69) is 39.1 Å². The Kier molecular flexibility index (Phi) is 6.52. The number of anilines is 3. The van der Waals surface area contributed by atoms with Crippen LogP contribution in [0.2, 0.25) is 5.02 Å². The number of nitrogens with one attached hydrogen (secondary N) is 2. The molecule has 0 radical (unpaired) electrons. The Morgan fingerprint density at radius 1 is 1.20 bits per heavy atom. The molecule has 0 bridgehead atoms. The molecule has 1 saturated heterocycles. The van der Waals surface area contributed by atoms with E-state index in [1.54, 1.807) is 33.8 Å². The van der Waals surface area contributed by atoms with Gasteiger partial charge in [0.25, 0.3) is 5.56 Å². The molecule has 1 aliphatic rings. The average molecular weight is 491 g/mol. The predicted octanol–water partition coefficient (Wildman–Crippen LogP) is 3.75. The SMILES string of the molecule is C=CCn1c(=O)c2cnc(Nc3ccc(Cl)cc3)nc2n1-c1cccc(N(C)C2CCNCC2)n1. The van der Waals surface area contributed by atoms with E-state index in [4.69, 9.17) is 16.6 Å². The molecule has 0 amide bonds. The summed E-state index contributed by atoms with van der Waals surface area (Å²) in [6.45, 7) is 6.13. The third-order valence-corrected chi connectivity index (χ3v) is 6.48. The topological polar surface area (TPSA) is 92.9 Å². The van der Waals surface area contributed by atoms with Gasteiger partial charge in [-0.3, -0.25) is 4.79 Å². The summed E-state index contributed by atoms with van der Waals surface area (Å²) in [6, 6.07) is 13.5. The molecular formula is C25H27ClN8O. The van der Waals surface area contributed by atoms with Gasteiger partial charge in [-0.15, -0.1) is 6.58 Å². The van der Waals surface area contributed by atoms with Crippen LogP contribution < -0.4 is 21.1 Å². The van der Waals surface area contributed by atoms with E-state index in [1.165, 1.54) is 0 Å². The summed E-state index contributed by atoms with van der Waals surface area (Å²) in [4.78, 5) is 29.4. The van der Waals surface area contributed by atoms with E-state index in [-0.39, 0.29) is 5.56 Å². The fourth-order valence-electron chi connectivity index (χ4n) is 4.38. The van der Waals surface area contributed by atoms with Crippen molar-refractivity contribution in [2.24, 2.45) is 0 Å². The largest absolute Gasteiger partial charge is 0.357 e. The number of piperidine rings is 1. The Morgan fingerprint density at radius 2 is 1.97 bits per heavy atom. The Morgan fingerprint density at radius 3 is 2.71 bits per heavy atom. The number of hydrogen-bond donors (Lipinski definition) is 2. The van der Waals surface area contributed by atoms with Gasteiger partial charge in [-0.25, -0.2) is 19.3 Å². The summed E-state index contributed by atoms with van der Waals surface area (Å²) in [5, 5.41) is 7.63. The van der Waals surface area contributed by atoms with Crippen molar-refractivity contribution in [2.45, 2.75) is 25.4 Å². The number of halogens is 1. The second-order valence-electron chi connectivity index (χ2n) is 8.50. The number of benzene rings is 1. The van der Waals surface area contributed by atoms with Gasteiger partial charge in [-0.1, -0.05) is 23.7 Å². The average Bonchev–Trinajstić information content (AvgIpc) is 3.16. The van der Waals surface area contributed by atoms with Crippen LogP contribution in [-0.4, -0.2) is 50.5 Å². The highest BCUT2D eigenvalue weighted by Gasteiger charge is 2.21. The summed E-state index contributed by atoms with van der Waals surface area (Å²) in [7, 11) is 2.07. The summed E-state index contributed by atoms with van der Waals surface area (Å²) >= 11 is 5.99. The Balaban J connectivity index is 1.58. The molecule has 1 aliphatic heterocycles. The van der Waals surface area contributed by atoms with Gasteiger partial charge in [0.1, 0.15) is 11.2 Å². The van der Waals surface area contributed by atoms with E-state index in [0.717, 1.165) is 37.4 Å². The van der Waals surface area contributed by atoms with E-state index in [9.17, 15) is 4.79 Å². The Hall–Kier alpha value is -3.69. The minimum atomic E-state index is -0.197. The monoisotopic (exact) mass is 490 g/mol. The molecule has 3 aromatic heterocycles. The molecule has 0 atom stereocenters. The molecule has 4 aromatic rings. The van der Waals surface area contributed by atoms with Crippen molar-refractivity contribution in [3.05, 3.63) is 76.7 Å². The lowest BCUT2D eigenvalue weighted by atomic mass is 10.1. The molecule has 1 fully saturated rings. The highest BCUT2D eigenvalue weighted by atomic mass is 35.5. The standard InChI is InChI=1S/C25H27ClN8O/c1-3-15-33-24(35)20-16-28-25(29-18-9-7-17(26)8-10-18)31-23(20)34(33)22-6-4-5-21(30-22)32(2)19-11-13-27-14-12-19/h3-10,16,19,27H,1,11-15H2,2H3,(H,28,29,31). The van der Waals surface area contributed by atoms with Crippen LogP contribution in [0.3, 0.4) is 0 Å². The molecule has 5 rings (SSSR count). The maximum Gasteiger partial charge on any atom is 0.278 e. The Labute approximate surface area is 208 Å². The van der Waals surface area contributed by atoms with Crippen LogP contribution in [0.15, 0.2) is 66.1 Å². The third-order valence-electron chi connectivity index (χ3n) is 6.23. The van der Waals surface area contributed by atoms with Crippen molar-refractivity contribution in [3.8, 4) is 5.82 Å². The van der Waals surface area contributed by atoms with Gasteiger partial charge in [0.2, 0.25) is 5.95 Å². The number of rotatable bonds is 7. The molecule has 9 nitrogen and oxygen atoms in total.